The molecule has 120 valence electrons. The Balaban J connectivity index is 2.01. The van der Waals surface area contributed by atoms with Gasteiger partial charge in [-0.1, -0.05) is 25.1 Å². The van der Waals surface area contributed by atoms with Gasteiger partial charge in [-0.3, -0.25) is 14.5 Å². The molecule has 0 aliphatic carbocycles. The predicted octanol–water partition coefficient (Wildman–Crippen LogP) is 1.38. The summed E-state index contributed by atoms with van der Waals surface area (Å²) in [4.78, 5) is 29.8. The molecule has 5 nitrogen and oxygen atoms in total. The van der Waals surface area contributed by atoms with Crippen LogP contribution in [-0.4, -0.2) is 61.9 Å². The highest BCUT2D eigenvalue weighted by Crippen LogP contribution is 2.27. The molecule has 0 radical (unpaired) electrons. The standard InChI is InChI=1S/C17H25N3O2/c1-4-10-19(12-16(21)18(2)3)13-17(22)20-11-9-14-7-5-6-8-15(14)20/h5-8H,4,9-13H2,1-3H3. The lowest BCUT2D eigenvalue weighted by atomic mass is 10.2. The number of amides is 2. The number of anilines is 1. The van der Waals surface area contributed by atoms with Crippen LogP contribution in [0.2, 0.25) is 0 Å². The second-order valence-corrected chi connectivity index (χ2v) is 5.92. The maximum atomic E-state index is 12.6. The van der Waals surface area contributed by atoms with Gasteiger partial charge in [-0.05, 0) is 31.0 Å². The molecule has 1 aliphatic heterocycles. The molecule has 1 aliphatic rings. The smallest absolute Gasteiger partial charge is 0.241 e. The minimum absolute atomic E-state index is 0.0306. The zero-order valence-electron chi connectivity index (χ0n) is 13.7. The first-order valence-electron chi connectivity index (χ1n) is 7.83. The first kappa shape index (κ1) is 16.5. The second-order valence-electron chi connectivity index (χ2n) is 5.92. The van der Waals surface area contributed by atoms with Crippen LogP contribution >= 0.6 is 0 Å². The van der Waals surface area contributed by atoms with Crippen LogP contribution in [0.3, 0.4) is 0 Å². The van der Waals surface area contributed by atoms with E-state index in [0.717, 1.165) is 31.6 Å². The van der Waals surface area contributed by atoms with E-state index in [1.54, 1.807) is 19.0 Å². The van der Waals surface area contributed by atoms with Gasteiger partial charge in [0.1, 0.15) is 0 Å². The van der Waals surface area contributed by atoms with Crippen molar-refractivity contribution in [1.82, 2.24) is 9.80 Å². The number of hydrogen-bond acceptors (Lipinski definition) is 3. The molecule has 0 bridgehead atoms. The highest BCUT2D eigenvalue weighted by molar-refractivity contribution is 5.97. The average Bonchev–Trinajstić information content (AvgIpc) is 2.91. The van der Waals surface area contributed by atoms with Crippen LogP contribution in [-0.2, 0) is 16.0 Å². The lowest BCUT2D eigenvalue weighted by molar-refractivity contribution is -0.130. The molecule has 2 rings (SSSR count). The van der Waals surface area contributed by atoms with Gasteiger partial charge in [0.25, 0.3) is 0 Å². The van der Waals surface area contributed by atoms with Crippen molar-refractivity contribution in [2.45, 2.75) is 19.8 Å². The van der Waals surface area contributed by atoms with Crippen LogP contribution in [0.15, 0.2) is 24.3 Å². The summed E-state index contributed by atoms with van der Waals surface area (Å²) in [6.07, 6.45) is 1.83. The molecular formula is C17H25N3O2. The van der Waals surface area contributed by atoms with Crippen LogP contribution in [0.5, 0.6) is 0 Å². The van der Waals surface area contributed by atoms with Gasteiger partial charge in [0, 0.05) is 26.3 Å². The molecule has 1 aromatic carbocycles. The molecule has 0 atom stereocenters. The van der Waals surface area contributed by atoms with E-state index in [9.17, 15) is 9.59 Å². The number of likely N-dealkylation sites (N-methyl/N-ethyl adjacent to an activating group) is 1. The van der Waals surface area contributed by atoms with Crippen molar-refractivity contribution < 1.29 is 9.59 Å². The SMILES string of the molecule is CCCN(CC(=O)N(C)C)CC(=O)N1CCc2ccccc21. The topological polar surface area (TPSA) is 43.9 Å². The number of carbonyl (C=O) groups excluding carboxylic acids is 2. The molecule has 22 heavy (non-hydrogen) atoms. The molecule has 0 spiro atoms. The molecule has 2 amide bonds. The van der Waals surface area contributed by atoms with Gasteiger partial charge in [0.05, 0.1) is 13.1 Å². The van der Waals surface area contributed by atoms with Crippen LogP contribution < -0.4 is 4.90 Å². The maximum Gasteiger partial charge on any atom is 0.241 e. The Kier molecular flexibility index (Phi) is 5.55. The van der Waals surface area contributed by atoms with Crippen LogP contribution in [0, 0.1) is 0 Å². The number of rotatable bonds is 6. The van der Waals surface area contributed by atoms with Crippen molar-refractivity contribution >= 4 is 17.5 Å². The van der Waals surface area contributed by atoms with Gasteiger partial charge >= 0.3 is 0 Å². The van der Waals surface area contributed by atoms with Crippen LogP contribution in [0.25, 0.3) is 0 Å². The first-order chi connectivity index (χ1) is 10.5. The lowest BCUT2D eigenvalue weighted by Gasteiger charge is -2.25. The Hall–Kier alpha value is -1.88. The van der Waals surface area contributed by atoms with Crippen molar-refractivity contribution in [3.63, 3.8) is 0 Å². The highest BCUT2D eigenvalue weighted by atomic mass is 16.2. The number of hydrogen-bond donors (Lipinski definition) is 0. The zero-order chi connectivity index (χ0) is 16.1. The molecule has 0 saturated carbocycles. The summed E-state index contributed by atoms with van der Waals surface area (Å²) in [6, 6.07) is 8.03. The Morgan fingerprint density at radius 1 is 1.18 bits per heavy atom. The Labute approximate surface area is 132 Å². The minimum Gasteiger partial charge on any atom is -0.348 e. The Bertz CT molecular complexity index is 542. The summed E-state index contributed by atoms with van der Waals surface area (Å²) in [5.41, 5.74) is 2.24. The fourth-order valence-electron chi connectivity index (χ4n) is 2.74. The number of nitrogens with zero attached hydrogens (tertiary/aromatic N) is 3. The van der Waals surface area contributed by atoms with Crippen molar-refractivity contribution in [2.24, 2.45) is 0 Å². The van der Waals surface area contributed by atoms with Gasteiger partial charge < -0.3 is 9.80 Å². The fourth-order valence-corrected chi connectivity index (χ4v) is 2.74. The number of para-hydroxylation sites is 1. The monoisotopic (exact) mass is 303 g/mol. The van der Waals surface area contributed by atoms with Crippen molar-refractivity contribution in [2.75, 3.05) is 45.2 Å². The van der Waals surface area contributed by atoms with Crippen molar-refractivity contribution in [1.29, 1.82) is 0 Å². The van der Waals surface area contributed by atoms with E-state index in [1.165, 1.54) is 5.56 Å². The Morgan fingerprint density at radius 3 is 2.59 bits per heavy atom. The molecule has 5 heteroatoms. The van der Waals surface area contributed by atoms with Gasteiger partial charge in [0.2, 0.25) is 11.8 Å². The minimum atomic E-state index is 0.0306. The van der Waals surface area contributed by atoms with Crippen molar-refractivity contribution in [3.8, 4) is 0 Å². The van der Waals surface area contributed by atoms with E-state index >= 15 is 0 Å². The average molecular weight is 303 g/mol. The number of benzene rings is 1. The Morgan fingerprint density at radius 2 is 1.91 bits per heavy atom. The molecule has 0 fully saturated rings. The quantitative estimate of drug-likeness (QED) is 0.797. The number of carbonyl (C=O) groups is 2. The summed E-state index contributed by atoms with van der Waals surface area (Å²) in [5.74, 6) is 0.105. The van der Waals surface area contributed by atoms with Gasteiger partial charge in [-0.15, -0.1) is 0 Å². The molecule has 1 aromatic rings. The molecular weight excluding hydrogens is 278 g/mol. The maximum absolute atomic E-state index is 12.6. The largest absolute Gasteiger partial charge is 0.348 e. The predicted molar refractivity (Wildman–Crippen MR) is 87.9 cm³/mol. The number of fused-ring (bicyclic) bond motifs is 1. The van der Waals surface area contributed by atoms with E-state index in [2.05, 4.69) is 13.0 Å². The molecule has 0 saturated heterocycles. The fraction of sp³-hybridized carbons (Fsp3) is 0.529. The summed E-state index contributed by atoms with van der Waals surface area (Å²) < 4.78 is 0. The van der Waals surface area contributed by atoms with Gasteiger partial charge in [-0.25, -0.2) is 0 Å². The van der Waals surface area contributed by atoms with E-state index < -0.39 is 0 Å². The molecule has 0 aromatic heterocycles. The molecule has 0 unspecified atom stereocenters. The third-order valence-electron chi connectivity index (χ3n) is 3.94. The first-order valence-corrected chi connectivity index (χ1v) is 7.83. The summed E-state index contributed by atoms with van der Waals surface area (Å²) in [7, 11) is 3.48. The molecule has 0 N–H and O–H groups in total. The van der Waals surface area contributed by atoms with E-state index in [1.807, 2.05) is 28.0 Å². The summed E-state index contributed by atoms with van der Waals surface area (Å²) in [5, 5.41) is 0. The van der Waals surface area contributed by atoms with Crippen LogP contribution in [0.1, 0.15) is 18.9 Å². The zero-order valence-corrected chi connectivity index (χ0v) is 13.7. The van der Waals surface area contributed by atoms with Gasteiger partial charge in [-0.2, -0.15) is 0 Å². The van der Waals surface area contributed by atoms with Crippen molar-refractivity contribution in [3.05, 3.63) is 29.8 Å². The third kappa shape index (κ3) is 3.85. The highest BCUT2D eigenvalue weighted by Gasteiger charge is 2.26. The third-order valence-corrected chi connectivity index (χ3v) is 3.94. The summed E-state index contributed by atoms with van der Waals surface area (Å²) >= 11 is 0. The summed E-state index contributed by atoms with van der Waals surface area (Å²) in [6.45, 7) is 4.13. The van der Waals surface area contributed by atoms with E-state index in [-0.39, 0.29) is 11.8 Å². The van der Waals surface area contributed by atoms with Crippen LogP contribution in [0.4, 0.5) is 5.69 Å². The lowest BCUT2D eigenvalue weighted by Crippen LogP contribution is -2.44. The van der Waals surface area contributed by atoms with E-state index in [0.29, 0.717) is 13.1 Å². The molecule has 1 heterocycles. The van der Waals surface area contributed by atoms with E-state index in [4.69, 9.17) is 0 Å². The second kappa shape index (κ2) is 7.40. The van der Waals surface area contributed by atoms with Gasteiger partial charge in [0.15, 0.2) is 0 Å². The normalized spacial score (nSPS) is 13.4.